The molecule has 0 aliphatic heterocycles. The molecule has 2 atom stereocenters. The van der Waals surface area contributed by atoms with Crippen molar-refractivity contribution in [2.75, 3.05) is 7.11 Å². The summed E-state index contributed by atoms with van der Waals surface area (Å²) >= 11 is 0. The molecule has 0 unspecified atom stereocenters. The van der Waals surface area contributed by atoms with Crippen molar-refractivity contribution < 1.29 is 9.47 Å². The van der Waals surface area contributed by atoms with Crippen LogP contribution in [0.4, 0.5) is 0 Å². The predicted octanol–water partition coefficient (Wildman–Crippen LogP) is 5.46. The summed E-state index contributed by atoms with van der Waals surface area (Å²) in [6.45, 7) is 0. The van der Waals surface area contributed by atoms with Crippen molar-refractivity contribution in [2.45, 2.75) is 50.4 Å². The summed E-state index contributed by atoms with van der Waals surface area (Å²) in [6, 6.07) is 20.9. The zero-order valence-electron chi connectivity index (χ0n) is 13.9. The van der Waals surface area contributed by atoms with Crippen molar-refractivity contribution in [1.29, 1.82) is 0 Å². The molecule has 2 heteroatoms. The molecule has 23 heavy (non-hydrogen) atoms. The zero-order chi connectivity index (χ0) is 15.9. The topological polar surface area (TPSA) is 18.5 Å². The molecule has 0 radical (unpaired) electrons. The molecule has 2 nitrogen and oxygen atoms in total. The molecule has 122 valence electrons. The Morgan fingerprint density at radius 1 is 0.739 bits per heavy atom. The van der Waals surface area contributed by atoms with E-state index in [2.05, 4.69) is 48.5 Å². The lowest BCUT2D eigenvalue weighted by Gasteiger charge is -2.32. The van der Waals surface area contributed by atoms with Gasteiger partial charge in [-0.3, -0.25) is 0 Å². The first kappa shape index (κ1) is 16.2. The van der Waals surface area contributed by atoms with Gasteiger partial charge in [-0.05, 0) is 24.0 Å². The summed E-state index contributed by atoms with van der Waals surface area (Å²) in [7, 11) is 1.78. The SMILES string of the molecule is CO[C@H](c1ccccc1)[C@H](OC1CCCCC1)c1ccccc1. The van der Waals surface area contributed by atoms with E-state index in [1.807, 2.05) is 12.1 Å². The summed E-state index contributed by atoms with van der Waals surface area (Å²) in [5.41, 5.74) is 2.36. The Balaban J connectivity index is 1.87. The predicted molar refractivity (Wildman–Crippen MR) is 93.3 cm³/mol. The van der Waals surface area contributed by atoms with Crippen LogP contribution in [0.2, 0.25) is 0 Å². The fraction of sp³-hybridized carbons (Fsp3) is 0.429. The second-order valence-corrected chi connectivity index (χ2v) is 6.29. The third-order valence-corrected chi connectivity index (χ3v) is 4.68. The molecule has 0 aromatic heterocycles. The van der Waals surface area contributed by atoms with Crippen LogP contribution >= 0.6 is 0 Å². The highest BCUT2D eigenvalue weighted by atomic mass is 16.5. The molecule has 1 fully saturated rings. The van der Waals surface area contributed by atoms with Crippen LogP contribution in [0.15, 0.2) is 60.7 Å². The van der Waals surface area contributed by atoms with Gasteiger partial charge in [0.2, 0.25) is 0 Å². The molecule has 2 aromatic carbocycles. The van der Waals surface area contributed by atoms with Crippen LogP contribution in [0.5, 0.6) is 0 Å². The monoisotopic (exact) mass is 310 g/mol. The van der Waals surface area contributed by atoms with Crippen molar-refractivity contribution in [1.82, 2.24) is 0 Å². The molecule has 1 aliphatic carbocycles. The van der Waals surface area contributed by atoms with E-state index >= 15 is 0 Å². The minimum absolute atomic E-state index is 0.0632. The van der Waals surface area contributed by atoms with Gasteiger partial charge in [0.05, 0.1) is 6.10 Å². The van der Waals surface area contributed by atoms with E-state index in [0.29, 0.717) is 6.10 Å². The minimum atomic E-state index is -0.0828. The van der Waals surface area contributed by atoms with Gasteiger partial charge in [0.1, 0.15) is 12.2 Å². The van der Waals surface area contributed by atoms with Gasteiger partial charge in [-0.2, -0.15) is 0 Å². The number of hydrogen-bond donors (Lipinski definition) is 0. The highest BCUT2D eigenvalue weighted by Crippen LogP contribution is 2.37. The molecule has 0 bridgehead atoms. The average Bonchev–Trinajstić information content (AvgIpc) is 2.64. The number of ether oxygens (including phenoxy) is 2. The van der Waals surface area contributed by atoms with Gasteiger partial charge in [-0.15, -0.1) is 0 Å². The Kier molecular flexibility index (Phi) is 5.84. The van der Waals surface area contributed by atoms with Gasteiger partial charge in [0, 0.05) is 7.11 Å². The average molecular weight is 310 g/mol. The molecule has 0 saturated heterocycles. The van der Waals surface area contributed by atoms with Crippen LogP contribution < -0.4 is 0 Å². The first-order valence-corrected chi connectivity index (χ1v) is 8.66. The number of hydrogen-bond acceptors (Lipinski definition) is 2. The summed E-state index contributed by atoms with van der Waals surface area (Å²) in [6.07, 6.45) is 6.40. The molecule has 1 aliphatic rings. The molecule has 0 heterocycles. The summed E-state index contributed by atoms with van der Waals surface area (Å²) < 4.78 is 12.4. The van der Waals surface area contributed by atoms with Crippen molar-refractivity contribution in [3.63, 3.8) is 0 Å². The molecule has 0 spiro atoms. The molecular weight excluding hydrogens is 284 g/mol. The Hall–Kier alpha value is -1.64. The van der Waals surface area contributed by atoms with Gasteiger partial charge in [-0.1, -0.05) is 79.9 Å². The van der Waals surface area contributed by atoms with Crippen LogP contribution in [-0.2, 0) is 9.47 Å². The number of methoxy groups -OCH3 is 1. The molecule has 0 amide bonds. The Morgan fingerprint density at radius 3 is 1.78 bits per heavy atom. The van der Waals surface area contributed by atoms with Crippen LogP contribution in [-0.4, -0.2) is 13.2 Å². The van der Waals surface area contributed by atoms with E-state index in [4.69, 9.17) is 9.47 Å². The molecule has 1 saturated carbocycles. The molecule has 3 rings (SSSR count). The number of benzene rings is 2. The fourth-order valence-corrected chi connectivity index (χ4v) is 3.45. The minimum Gasteiger partial charge on any atom is -0.374 e. The summed E-state index contributed by atoms with van der Waals surface area (Å²) in [5, 5.41) is 0. The van der Waals surface area contributed by atoms with Gasteiger partial charge >= 0.3 is 0 Å². The third kappa shape index (κ3) is 4.21. The van der Waals surface area contributed by atoms with Crippen molar-refractivity contribution in [3.05, 3.63) is 71.8 Å². The molecule has 2 aromatic rings. The third-order valence-electron chi connectivity index (χ3n) is 4.68. The van der Waals surface area contributed by atoms with Crippen LogP contribution in [0.3, 0.4) is 0 Å². The van der Waals surface area contributed by atoms with E-state index in [-0.39, 0.29) is 12.2 Å². The lowest BCUT2D eigenvalue weighted by molar-refractivity contribution is -0.104. The second kappa shape index (κ2) is 8.28. The Labute approximate surface area is 139 Å². The van der Waals surface area contributed by atoms with E-state index in [1.165, 1.54) is 30.4 Å². The van der Waals surface area contributed by atoms with E-state index in [1.54, 1.807) is 7.11 Å². The number of rotatable bonds is 6. The maximum Gasteiger partial charge on any atom is 0.113 e. The second-order valence-electron chi connectivity index (χ2n) is 6.29. The normalized spacial score (nSPS) is 18.5. The van der Waals surface area contributed by atoms with Gasteiger partial charge < -0.3 is 9.47 Å². The largest absolute Gasteiger partial charge is 0.374 e. The molecular formula is C21H26O2. The van der Waals surface area contributed by atoms with Gasteiger partial charge in [0.25, 0.3) is 0 Å². The van der Waals surface area contributed by atoms with Crippen molar-refractivity contribution >= 4 is 0 Å². The van der Waals surface area contributed by atoms with Gasteiger partial charge in [-0.25, -0.2) is 0 Å². The van der Waals surface area contributed by atoms with Crippen molar-refractivity contribution in [3.8, 4) is 0 Å². The van der Waals surface area contributed by atoms with Crippen molar-refractivity contribution in [2.24, 2.45) is 0 Å². The van der Waals surface area contributed by atoms with Crippen LogP contribution in [0.25, 0.3) is 0 Å². The Morgan fingerprint density at radius 2 is 1.26 bits per heavy atom. The maximum atomic E-state index is 6.56. The Bertz CT molecular complexity index is 561. The quantitative estimate of drug-likeness (QED) is 0.705. The van der Waals surface area contributed by atoms with Crippen LogP contribution in [0.1, 0.15) is 55.4 Å². The first-order chi connectivity index (χ1) is 11.4. The highest BCUT2D eigenvalue weighted by Gasteiger charge is 2.29. The highest BCUT2D eigenvalue weighted by molar-refractivity contribution is 5.25. The van der Waals surface area contributed by atoms with Crippen LogP contribution in [0, 0.1) is 0 Å². The fourth-order valence-electron chi connectivity index (χ4n) is 3.45. The smallest absolute Gasteiger partial charge is 0.113 e. The maximum absolute atomic E-state index is 6.56. The van der Waals surface area contributed by atoms with E-state index in [0.717, 1.165) is 12.8 Å². The zero-order valence-corrected chi connectivity index (χ0v) is 13.9. The standard InChI is InChI=1S/C21H26O2/c1-22-20(17-11-5-2-6-12-17)21(18-13-7-3-8-14-18)23-19-15-9-4-10-16-19/h2-3,5-8,11-14,19-21H,4,9-10,15-16H2,1H3/t20-,21-/m1/s1. The first-order valence-electron chi connectivity index (χ1n) is 8.66. The summed E-state index contributed by atoms with van der Waals surface area (Å²) in [5.74, 6) is 0. The lowest BCUT2D eigenvalue weighted by atomic mass is 9.95. The van der Waals surface area contributed by atoms with Gasteiger partial charge in [0.15, 0.2) is 0 Å². The van der Waals surface area contributed by atoms with E-state index < -0.39 is 0 Å². The lowest BCUT2D eigenvalue weighted by Crippen LogP contribution is -2.24. The van der Waals surface area contributed by atoms with E-state index in [9.17, 15) is 0 Å². The molecule has 0 N–H and O–H groups in total. The summed E-state index contributed by atoms with van der Waals surface area (Å²) in [4.78, 5) is 0.